The van der Waals surface area contributed by atoms with Crippen molar-refractivity contribution in [1.29, 1.82) is 0 Å². The molecule has 2 amide bonds. The first-order chi connectivity index (χ1) is 21.5. The second kappa shape index (κ2) is 16.0. The average Bonchev–Trinajstić information content (AvgIpc) is 3.06. The van der Waals surface area contributed by atoms with E-state index in [0.717, 1.165) is 9.87 Å². The Balaban J connectivity index is 2.12. The van der Waals surface area contributed by atoms with Crippen molar-refractivity contribution >= 4 is 27.5 Å². The molecular formula is C33H43N3O8S. The van der Waals surface area contributed by atoms with Crippen LogP contribution < -0.4 is 28.6 Å². The summed E-state index contributed by atoms with van der Waals surface area (Å²) in [5.41, 5.74) is 1.05. The predicted molar refractivity (Wildman–Crippen MR) is 173 cm³/mol. The SMILES string of the molecule is CCC(C)NC(=O)C(C)N(CCc1ccccc1)C(=O)CN(c1cc(OC)ccc1OC)S(=O)(=O)c1ccc(OC)c(OC)c1. The van der Waals surface area contributed by atoms with Crippen LogP contribution in [0.15, 0.2) is 71.6 Å². The number of hydrogen-bond donors (Lipinski definition) is 1. The first kappa shape index (κ1) is 35.0. The van der Waals surface area contributed by atoms with Gasteiger partial charge in [0, 0.05) is 24.7 Å². The van der Waals surface area contributed by atoms with Crippen molar-refractivity contribution in [3.05, 3.63) is 72.3 Å². The summed E-state index contributed by atoms with van der Waals surface area (Å²) >= 11 is 0. The third kappa shape index (κ3) is 8.59. The Morgan fingerprint density at radius 2 is 1.47 bits per heavy atom. The lowest BCUT2D eigenvalue weighted by molar-refractivity contribution is -0.139. The van der Waals surface area contributed by atoms with E-state index in [1.807, 2.05) is 44.2 Å². The summed E-state index contributed by atoms with van der Waals surface area (Å²) in [5.74, 6) is 0.179. The highest BCUT2D eigenvalue weighted by Gasteiger charge is 2.34. The van der Waals surface area contributed by atoms with Crippen LogP contribution in [0.1, 0.15) is 32.8 Å². The lowest BCUT2D eigenvalue weighted by Gasteiger charge is -2.33. The zero-order chi connectivity index (χ0) is 33.1. The van der Waals surface area contributed by atoms with E-state index in [-0.39, 0.29) is 40.6 Å². The number of rotatable bonds is 16. The lowest BCUT2D eigenvalue weighted by atomic mass is 10.1. The molecule has 2 atom stereocenters. The van der Waals surface area contributed by atoms with E-state index in [0.29, 0.717) is 24.3 Å². The van der Waals surface area contributed by atoms with Gasteiger partial charge in [0.1, 0.15) is 24.1 Å². The van der Waals surface area contributed by atoms with Gasteiger partial charge in [-0.2, -0.15) is 0 Å². The Morgan fingerprint density at radius 3 is 2.07 bits per heavy atom. The second-order valence-corrected chi connectivity index (χ2v) is 12.2. The maximum atomic E-state index is 14.4. The first-order valence-electron chi connectivity index (χ1n) is 14.6. The minimum Gasteiger partial charge on any atom is -0.497 e. The summed E-state index contributed by atoms with van der Waals surface area (Å²) in [6.45, 7) is 5.02. The van der Waals surface area contributed by atoms with Crippen molar-refractivity contribution in [2.75, 3.05) is 45.8 Å². The van der Waals surface area contributed by atoms with Gasteiger partial charge in [0.25, 0.3) is 10.0 Å². The van der Waals surface area contributed by atoms with Crippen LogP contribution in [0.3, 0.4) is 0 Å². The monoisotopic (exact) mass is 641 g/mol. The molecule has 0 aliphatic heterocycles. The Labute approximate surface area is 266 Å². The smallest absolute Gasteiger partial charge is 0.265 e. The number of carbonyl (C=O) groups excluding carboxylic acids is 2. The van der Waals surface area contributed by atoms with Gasteiger partial charge in [-0.25, -0.2) is 8.42 Å². The molecule has 0 aliphatic carbocycles. The minimum absolute atomic E-state index is 0.0831. The van der Waals surface area contributed by atoms with Crippen LogP contribution in [-0.4, -0.2) is 78.7 Å². The molecule has 0 spiro atoms. The summed E-state index contributed by atoms with van der Waals surface area (Å²) in [5, 5.41) is 2.93. The Morgan fingerprint density at radius 1 is 0.822 bits per heavy atom. The van der Waals surface area contributed by atoms with Crippen LogP contribution in [0, 0.1) is 0 Å². The van der Waals surface area contributed by atoms with Crippen LogP contribution >= 0.6 is 0 Å². The highest BCUT2D eigenvalue weighted by atomic mass is 32.2. The lowest BCUT2D eigenvalue weighted by Crippen LogP contribution is -2.53. The van der Waals surface area contributed by atoms with Gasteiger partial charge >= 0.3 is 0 Å². The van der Waals surface area contributed by atoms with Gasteiger partial charge in [-0.15, -0.1) is 0 Å². The van der Waals surface area contributed by atoms with E-state index in [4.69, 9.17) is 18.9 Å². The van der Waals surface area contributed by atoms with Crippen molar-refractivity contribution < 1.29 is 37.0 Å². The second-order valence-electron chi connectivity index (χ2n) is 10.4. The third-order valence-corrected chi connectivity index (χ3v) is 9.28. The molecule has 1 N–H and O–H groups in total. The number of sulfonamides is 1. The standard InChI is InChI=1S/C33H43N3O8S/c1-8-23(2)34-33(38)24(3)35(19-18-25-12-10-9-11-13-25)32(37)22-36(28-20-26(41-4)14-16-29(28)42-5)45(39,40)27-15-17-30(43-6)31(21-27)44-7/h9-17,20-21,23-24H,8,18-19,22H2,1-7H3,(H,34,38). The number of hydrogen-bond acceptors (Lipinski definition) is 8. The van der Waals surface area contributed by atoms with Gasteiger partial charge in [-0.1, -0.05) is 37.3 Å². The molecule has 0 saturated carbocycles. The van der Waals surface area contributed by atoms with E-state index in [1.165, 1.54) is 57.6 Å². The van der Waals surface area contributed by atoms with Crippen molar-refractivity contribution in [1.82, 2.24) is 10.2 Å². The van der Waals surface area contributed by atoms with Gasteiger partial charge in [-0.05, 0) is 56.5 Å². The maximum Gasteiger partial charge on any atom is 0.265 e. The molecule has 0 aromatic heterocycles. The maximum absolute atomic E-state index is 14.4. The van der Waals surface area contributed by atoms with E-state index >= 15 is 0 Å². The molecule has 0 saturated heterocycles. The third-order valence-electron chi connectivity index (χ3n) is 7.53. The molecule has 12 heteroatoms. The highest BCUT2D eigenvalue weighted by Crippen LogP contribution is 2.37. The number of benzene rings is 3. The summed E-state index contributed by atoms with van der Waals surface area (Å²) < 4.78 is 51.3. The Kier molecular flexibility index (Phi) is 12.5. The summed E-state index contributed by atoms with van der Waals surface area (Å²) in [6.07, 6.45) is 1.17. The molecular weight excluding hydrogens is 598 g/mol. The molecule has 3 aromatic rings. The van der Waals surface area contributed by atoms with Crippen LogP contribution in [0.5, 0.6) is 23.0 Å². The van der Waals surface area contributed by atoms with E-state index < -0.39 is 28.5 Å². The molecule has 3 rings (SSSR count). The molecule has 0 heterocycles. The number of nitrogens with zero attached hydrogens (tertiary/aromatic N) is 2. The number of ether oxygens (including phenoxy) is 4. The predicted octanol–water partition coefficient (Wildman–Crippen LogP) is 4.29. The normalized spacial score (nSPS) is 12.4. The Hall–Kier alpha value is -4.45. The highest BCUT2D eigenvalue weighted by molar-refractivity contribution is 7.92. The Bertz CT molecular complexity index is 1550. The molecule has 45 heavy (non-hydrogen) atoms. The number of anilines is 1. The van der Waals surface area contributed by atoms with Crippen LogP contribution in [-0.2, 0) is 26.0 Å². The molecule has 2 unspecified atom stereocenters. The van der Waals surface area contributed by atoms with Gasteiger partial charge in [0.05, 0.1) is 39.0 Å². The fraction of sp³-hybridized carbons (Fsp3) is 0.394. The van der Waals surface area contributed by atoms with Crippen molar-refractivity contribution in [2.24, 2.45) is 0 Å². The van der Waals surface area contributed by atoms with E-state index in [2.05, 4.69) is 5.32 Å². The first-order valence-corrected chi connectivity index (χ1v) is 16.0. The molecule has 0 aliphatic rings. The number of amides is 2. The summed E-state index contributed by atoms with van der Waals surface area (Å²) in [7, 11) is 1.28. The molecule has 244 valence electrons. The van der Waals surface area contributed by atoms with Crippen LogP contribution in [0.2, 0.25) is 0 Å². The number of methoxy groups -OCH3 is 4. The van der Waals surface area contributed by atoms with Crippen LogP contribution in [0.4, 0.5) is 5.69 Å². The van der Waals surface area contributed by atoms with Gasteiger partial charge in [-0.3, -0.25) is 13.9 Å². The van der Waals surface area contributed by atoms with Crippen molar-refractivity contribution in [3.63, 3.8) is 0 Å². The number of nitrogens with one attached hydrogen (secondary N) is 1. The minimum atomic E-state index is -4.42. The van der Waals surface area contributed by atoms with E-state index in [1.54, 1.807) is 19.1 Å². The molecule has 11 nitrogen and oxygen atoms in total. The average molecular weight is 642 g/mol. The largest absolute Gasteiger partial charge is 0.497 e. The topological polar surface area (TPSA) is 124 Å². The molecule has 0 bridgehead atoms. The van der Waals surface area contributed by atoms with Crippen LogP contribution in [0.25, 0.3) is 0 Å². The summed E-state index contributed by atoms with van der Waals surface area (Å²) in [4.78, 5) is 28.8. The zero-order valence-electron chi connectivity index (χ0n) is 26.9. The quantitative estimate of drug-likeness (QED) is 0.246. The molecule has 3 aromatic carbocycles. The van der Waals surface area contributed by atoms with Crippen molar-refractivity contribution in [2.45, 2.75) is 50.6 Å². The zero-order valence-corrected chi connectivity index (χ0v) is 27.7. The van der Waals surface area contributed by atoms with Gasteiger partial charge < -0.3 is 29.2 Å². The summed E-state index contributed by atoms with van der Waals surface area (Å²) in [6, 6.07) is 17.4. The fourth-order valence-electron chi connectivity index (χ4n) is 4.64. The van der Waals surface area contributed by atoms with E-state index in [9.17, 15) is 18.0 Å². The number of carbonyl (C=O) groups is 2. The molecule has 0 fully saturated rings. The van der Waals surface area contributed by atoms with Crippen molar-refractivity contribution in [3.8, 4) is 23.0 Å². The van der Waals surface area contributed by atoms with Gasteiger partial charge in [0.2, 0.25) is 11.8 Å². The fourth-order valence-corrected chi connectivity index (χ4v) is 6.08. The molecule has 0 radical (unpaired) electrons. The van der Waals surface area contributed by atoms with Gasteiger partial charge in [0.15, 0.2) is 11.5 Å².